The summed E-state index contributed by atoms with van der Waals surface area (Å²) in [6.45, 7) is 4.87. The standard InChI is InChI=1S/C22H31F2N3O.2ClH/c1-2-21(19-6-3-16(23)14-20(19)24)26-7-9-27(10-8-26)22(28)13-15-11-17-4-5-18(12-15)25-17;;/h3,6,14-15,17-18,21,25H,2,4-5,7-13H2,1H3;2*1H. The van der Waals surface area contributed by atoms with Crippen LogP contribution in [0, 0.1) is 17.6 Å². The quantitative estimate of drug-likeness (QED) is 0.705. The third-order valence-corrected chi connectivity index (χ3v) is 6.85. The molecule has 0 aromatic heterocycles. The minimum atomic E-state index is -0.544. The zero-order chi connectivity index (χ0) is 19.7. The number of piperidine rings is 1. The van der Waals surface area contributed by atoms with E-state index >= 15 is 0 Å². The lowest BCUT2D eigenvalue weighted by Crippen LogP contribution is -2.50. The summed E-state index contributed by atoms with van der Waals surface area (Å²) in [5, 5.41) is 3.64. The molecule has 3 atom stereocenters. The largest absolute Gasteiger partial charge is 0.340 e. The van der Waals surface area contributed by atoms with Crippen LogP contribution in [-0.4, -0.2) is 54.0 Å². The highest BCUT2D eigenvalue weighted by molar-refractivity contribution is 5.85. The minimum absolute atomic E-state index is 0. The summed E-state index contributed by atoms with van der Waals surface area (Å²) in [5.74, 6) is -0.239. The molecule has 3 saturated heterocycles. The number of piperazine rings is 1. The first-order valence-corrected chi connectivity index (χ1v) is 10.8. The summed E-state index contributed by atoms with van der Waals surface area (Å²) in [6, 6.07) is 5.00. The van der Waals surface area contributed by atoms with Crippen LogP contribution in [0.1, 0.15) is 57.1 Å². The van der Waals surface area contributed by atoms with Crippen molar-refractivity contribution in [3.8, 4) is 0 Å². The van der Waals surface area contributed by atoms with Crippen molar-refractivity contribution in [2.24, 2.45) is 5.92 Å². The zero-order valence-electron chi connectivity index (χ0n) is 17.5. The van der Waals surface area contributed by atoms with E-state index in [2.05, 4.69) is 10.2 Å². The summed E-state index contributed by atoms with van der Waals surface area (Å²) < 4.78 is 27.5. The highest BCUT2D eigenvalue weighted by atomic mass is 35.5. The van der Waals surface area contributed by atoms with E-state index in [1.54, 1.807) is 6.07 Å². The van der Waals surface area contributed by atoms with Gasteiger partial charge in [0, 0.05) is 62.4 Å². The monoisotopic (exact) mass is 463 g/mol. The third kappa shape index (κ3) is 5.64. The molecule has 0 spiro atoms. The van der Waals surface area contributed by atoms with Gasteiger partial charge in [-0.05, 0) is 44.1 Å². The fraction of sp³-hybridized carbons (Fsp3) is 0.682. The lowest BCUT2D eigenvalue weighted by Gasteiger charge is -2.40. The van der Waals surface area contributed by atoms with Crippen molar-refractivity contribution in [1.82, 2.24) is 15.1 Å². The topological polar surface area (TPSA) is 35.6 Å². The summed E-state index contributed by atoms with van der Waals surface area (Å²) in [5.41, 5.74) is 0.550. The van der Waals surface area contributed by atoms with Gasteiger partial charge in [0.1, 0.15) is 11.6 Å². The SMILES string of the molecule is CCC(c1ccc(F)cc1F)N1CCN(C(=O)CC2CC3CCC(C2)N3)CC1.Cl.Cl. The molecule has 30 heavy (non-hydrogen) atoms. The average Bonchev–Trinajstić information content (AvgIpc) is 3.02. The first-order chi connectivity index (χ1) is 13.5. The van der Waals surface area contributed by atoms with Crippen LogP contribution < -0.4 is 5.32 Å². The summed E-state index contributed by atoms with van der Waals surface area (Å²) >= 11 is 0. The molecule has 0 aliphatic carbocycles. The molecule has 4 rings (SSSR count). The van der Waals surface area contributed by atoms with Gasteiger partial charge in [-0.3, -0.25) is 9.69 Å². The first kappa shape index (κ1) is 25.3. The number of amides is 1. The number of carbonyl (C=O) groups excluding carboxylic acids is 1. The highest BCUT2D eigenvalue weighted by Crippen LogP contribution is 2.33. The third-order valence-electron chi connectivity index (χ3n) is 6.85. The number of benzene rings is 1. The maximum atomic E-state index is 14.2. The van der Waals surface area contributed by atoms with Crippen molar-refractivity contribution in [3.05, 3.63) is 35.4 Å². The predicted octanol–water partition coefficient (Wildman–Crippen LogP) is 4.32. The van der Waals surface area contributed by atoms with Gasteiger partial charge in [-0.2, -0.15) is 0 Å². The van der Waals surface area contributed by atoms with Gasteiger partial charge in [0.25, 0.3) is 0 Å². The fourth-order valence-electron chi connectivity index (χ4n) is 5.45. The highest BCUT2D eigenvalue weighted by Gasteiger charge is 2.35. The smallest absolute Gasteiger partial charge is 0.222 e. The van der Waals surface area contributed by atoms with Gasteiger partial charge in [-0.15, -0.1) is 24.8 Å². The van der Waals surface area contributed by atoms with Crippen LogP contribution in [0.5, 0.6) is 0 Å². The van der Waals surface area contributed by atoms with Gasteiger partial charge in [-0.1, -0.05) is 13.0 Å². The second kappa shape index (κ2) is 11.1. The molecule has 3 heterocycles. The van der Waals surface area contributed by atoms with Gasteiger partial charge in [0.2, 0.25) is 5.91 Å². The van der Waals surface area contributed by atoms with Crippen LogP contribution in [0.25, 0.3) is 0 Å². The van der Waals surface area contributed by atoms with E-state index < -0.39 is 11.6 Å². The molecule has 170 valence electrons. The Kier molecular flexibility index (Phi) is 9.34. The van der Waals surface area contributed by atoms with E-state index in [1.807, 2.05) is 11.8 Å². The minimum Gasteiger partial charge on any atom is -0.340 e. The first-order valence-electron chi connectivity index (χ1n) is 10.8. The Labute approximate surface area is 190 Å². The molecule has 0 saturated carbocycles. The molecule has 0 radical (unpaired) electrons. The van der Waals surface area contributed by atoms with Crippen LogP contribution >= 0.6 is 24.8 Å². The van der Waals surface area contributed by atoms with Crippen molar-refractivity contribution < 1.29 is 13.6 Å². The maximum Gasteiger partial charge on any atom is 0.222 e. The molecule has 3 fully saturated rings. The van der Waals surface area contributed by atoms with Gasteiger partial charge in [-0.25, -0.2) is 8.78 Å². The molecule has 1 amide bonds. The number of fused-ring (bicyclic) bond motifs is 2. The van der Waals surface area contributed by atoms with Crippen LogP contribution in [0.15, 0.2) is 18.2 Å². The van der Waals surface area contributed by atoms with Crippen molar-refractivity contribution in [2.45, 2.75) is 63.6 Å². The number of hydrogen-bond acceptors (Lipinski definition) is 3. The zero-order valence-corrected chi connectivity index (χ0v) is 19.1. The van der Waals surface area contributed by atoms with E-state index in [0.29, 0.717) is 43.1 Å². The van der Waals surface area contributed by atoms with E-state index in [-0.39, 0.29) is 36.8 Å². The van der Waals surface area contributed by atoms with E-state index in [0.717, 1.165) is 38.4 Å². The predicted molar refractivity (Wildman–Crippen MR) is 119 cm³/mol. The van der Waals surface area contributed by atoms with Crippen molar-refractivity contribution in [2.75, 3.05) is 26.2 Å². The van der Waals surface area contributed by atoms with E-state index in [4.69, 9.17) is 0 Å². The van der Waals surface area contributed by atoms with Crippen LogP contribution in [0.3, 0.4) is 0 Å². The van der Waals surface area contributed by atoms with Gasteiger partial charge < -0.3 is 10.2 Å². The van der Waals surface area contributed by atoms with Crippen molar-refractivity contribution >= 4 is 30.7 Å². The van der Waals surface area contributed by atoms with Gasteiger partial charge in [0.15, 0.2) is 0 Å². The maximum absolute atomic E-state index is 14.2. The normalized spacial score (nSPS) is 27.2. The van der Waals surface area contributed by atoms with E-state index in [9.17, 15) is 13.6 Å². The molecule has 1 aromatic carbocycles. The molecule has 3 aliphatic heterocycles. The molecule has 4 nitrogen and oxygen atoms in total. The number of nitrogens with zero attached hydrogens (tertiary/aromatic N) is 2. The Morgan fingerprint density at radius 2 is 1.73 bits per heavy atom. The Balaban J connectivity index is 0.00000160. The Morgan fingerprint density at radius 3 is 2.30 bits per heavy atom. The lowest BCUT2D eigenvalue weighted by atomic mass is 9.89. The number of carbonyl (C=O) groups is 1. The molecule has 8 heteroatoms. The van der Waals surface area contributed by atoms with E-state index in [1.165, 1.54) is 18.9 Å². The lowest BCUT2D eigenvalue weighted by molar-refractivity contribution is -0.134. The van der Waals surface area contributed by atoms with Crippen LogP contribution in [0.2, 0.25) is 0 Å². The second-order valence-electron chi connectivity index (χ2n) is 8.69. The molecule has 1 N–H and O–H groups in total. The van der Waals surface area contributed by atoms with Gasteiger partial charge >= 0.3 is 0 Å². The van der Waals surface area contributed by atoms with Crippen molar-refractivity contribution in [3.63, 3.8) is 0 Å². The van der Waals surface area contributed by atoms with Crippen LogP contribution in [0.4, 0.5) is 8.78 Å². The Bertz CT molecular complexity index is 704. The van der Waals surface area contributed by atoms with Gasteiger partial charge in [0.05, 0.1) is 0 Å². The molecule has 3 unspecified atom stereocenters. The Morgan fingerprint density at radius 1 is 1.10 bits per heavy atom. The number of nitrogens with one attached hydrogen (secondary N) is 1. The summed E-state index contributed by atoms with van der Waals surface area (Å²) in [7, 11) is 0. The number of rotatable bonds is 5. The molecule has 1 aromatic rings. The molecule has 2 bridgehead atoms. The van der Waals surface area contributed by atoms with Crippen LogP contribution in [-0.2, 0) is 4.79 Å². The fourth-order valence-corrected chi connectivity index (χ4v) is 5.45. The summed E-state index contributed by atoms with van der Waals surface area (Å²) in [4.78, 5) is 17.0. The summed E-state index contributed by atoms with van der Waals surface area (Å²) in [6.07, 6.45) is 6.19. The second-order valence-corrected chi connectivity index (χ2v) is 8.69. The van der Waals surface area contributed by atoms with Crippen molar-refractivity contribution in [1.29, 1.82) is 0 Å². The Hall–Kier alpha value is -0.950. The molecular formula is C22H33Cl2F2N3O. The molecule has 3 aliphatic rings. The number of halogens is 4. The number of hydrogen-bond donors (Lipinski definition) is 1. The molecular weight excluding hydrogens is 431 g/mol. The average molecular weight is 464 g/mol.